The van der Waals surface area contributed by atoms with E-state index in [1.165, 1.54) is 5.92 Å². The SMILES string of the molecule is C[C](C)CN1CC=CC(O)C1. The minimum absolute atomic E-state index is 0.261. The van der Waals surface area contributed by atoms with Crippen LogP contribution in [0.4, 0.5) is 0 Å². The number of β-amino-alcohol motifs (C(OH)–C–C–N with tert-alkyl or cyclic N) is 1. The van der Waals surface area contributed by atoms with Gasteiger partial charge in [-0.1, -0.05) is 26.0 Å². The van der Waals surface area contributed by atoms with Crippen LogP contribution >= 0.6 is 0 Å². The van der Waals surface area contributed by atoms with Crippen LogP contribution in [0.25, 0.3) is 0 Å². The van der Waals surface area contributed by atoms with E-state index >= 15 is 0 Å². The van der Waals surface area contributed by atoms with Gasteiger partial charge in [0.15, 0.2) is 0 Å². The summed E-state index contributed by atoms with van der Waals surface area (Å²) >= 11 is 0. The molecule has 0 amide bonds. The van der Waals surface area contributed by atoms with Crippen LogP contribution in [0.2, 0.25) is 0 Å². The van der Waals surface area contributed by atoms with E-state index in [9.17, 15) is 5.11 Å². The van der Waals surface area contributed by atoms with Crippen molar-refractivity contribution in [1.29, 1.82) is 0 Å². The molecule has 0 bridgehead atoms. The molecule has 0 aliphatic carbocycles. The molecule has 1 radical (unpaired) electrons. The van der Waals surface area contributed by atoms with Gasteiger partial charge in [0.05, 0.1) is 6.10 Å². The molecule has 11 heavy (non-hydrogen) atoms. The first-order chi connectivity index (χ1) is 5.18. The number of rotatable bonds is 2. The summed E-state index contributed by atoms with van der Waals surface area (Å²) in [6.45, 7) is 6.99. The van der Waals surface area contributed by atoms with Crippen molar-refractivity contribution in [2.45, 2.75) is 20.0 Å². The number of hydrogen-bond acceptors (Lipinski definition) is 2. The van der Waals surface area contributed by atoms with Crippen molar-refractivity contribution >= 4 is 0 Å². The van der Waals surface area contributed by atoms with Gasteiger partial charge in [-0.25, -0.2) is 0 Å². The quantitative estimate of drug-likeness (QED) is 0.596. The van der Waals surface area contributed by atoms with E-state index in [4.69, 9.17) is 0 Å². The zero-order valence-electron chi connectivity index (χ0n) is 7.25. The Balaban J connectivity index is 2.31. The molecule has 0 saturated carbocycles. The van der Waals surface area contributed by atoms with Crippen molar-refractivity contribution in [3.8, 4) is 0 Å². The molecule has 0 saturated heterocycles. The Morgan fingerprint density at radius 3 is 2.91 bits per heavy atom. The van der Waals surface area contributed by atoms with Gasteiger partial charge in [-0.15, -0.1) is 0 Å². The lowest BCUT2D eigenvalue weighted by atomic mass is 10.1. The Kier molecular flexibility index (Phi) is 3.09. The molecule has 0 aromatic rings. The lowest BCUT2D eigenvalue weighted by Crippen LogP contribution is -2.36. The predicted octanol–water partition coefficient (Wildman–Crippen LogP) is 0.833. The van der Waals surface area contributed by atoms with Gasteiger partial charge in [0.2, 0.25) is 0 Å². The van der Waals surface area contributed by atoms with E-state index in [0.717, 1.165) is 19.6 Å². The molecule has 0 aromatic heterocycles. The highest BCUT2D eigenvalue weighted by atomic mass is 16.3. The average molecular weight is 154 g/mol. The molecule has 1 rings (SSSR count). The van der Waals surface area contributed by atoms with E-state index in [0.29, 0.717) is 0 Å². The predicted molar refractivity (Wildman–Crippen MR) is 46.2 cm³/mol. The Hall–Kier alpha value is -0.340. The highest BCUT2D eigenvalue weighted by molar-refractivity contribution is 4.99. The van der Waals surface area contributed by atoms with Crippen molar-refractivity contribution in [2.24, 2.45) is 0 Å². The summed E-state index contributed by atoms with van der Waals surface area (Å²) in [5, 5.41) is 9.25. The zero-order valence-corrected chi connectivity index (χ0v) is 7.25. The van der Waals surface area contributed by atoms with E-state index < -0.39 is 0 Å². The van der Waals surface area contributed by atoms with Crippen LogP contribution in [0.1, 0.15) is 13.8 Å². The maximum atomic E-state index is 9.25. The van der Waals surface area contributed by atoms with Gasteiger partial charge in [-0.2, -0.15) is 0 Å². The Morgan fingerprint density at radius 1 is 1.64 bits per heavy atom. The fourth-order valence-corrected chi connectivity index (χ4v) is 1.34. The Labute approximate surface area is 68.5 Å². The third-order valence-electron chi connectivity index (χ3n) is 1.71. The maximum Gasteiger partial charge on any atom is 0.0848 e. The van der Waals surface area contributed by atoms with Gasteiger partial charge in [0, 0.05) is 19.6 Å². The molecule has 0 fully saturated rings. The standard InChI is InChI=1S/C9H16NO/c1-8(2)6-10-5-3-4-9(11)7-10/h3-4,9,11H,5-7H2,1-2H3. The van der Waals surface area contributed by atoms with E-state index in [2.05, 4.69) is 18.7 Å². The fourth-order valence-electron chi connectivity index (χ4n) is 1.34. The summed E-state index contributed by atoms with van der Waals surface area (Å²) in [5.41, 5.74) is 0. The second-order valence-corrected chi connectivity index (χ2v) is 3.40. The smallest absolute Gasteiger partial charge is 0.0848 e. The average Bonchev–Trinajstić information content (AvgIpc) is 1.85. The van der Waals surface area contributed by atoms with Crippen LogP contribution < -0.4 is 0 Å². The highest BCUT2D eigenvalue weighted by Crippen LogP contribution is 2.06. The number of hydrogen-bond donors (Lipinski definition) is 1. The van der Waals surface area contributed by atoms with Crippen LogP contribution in [0.3, 0.4) is 0 Å². The first kappa shape index (κ1) is 8.75. The number of aliphatic hydroxyl groups excluding tert-OH is 1. The Bertz CT molecular complexity index is 142. The molecule has 0 spiro atoms. The highest BCUT2D eigenvalue weighted by Gasteiger charge is 2.13. The molecule has 2 nitrogen and oxygen atoms in total. The summed E-state index contributed by atoms with van der Waals surface area (Å²) in [6, 6.07) is 0. The lowest BCUT2D eigenvalue weighted by molar-refractivity contribution is 0.147. The van der Waals surface area contributed by atoms with Crippen LogP contribution in [-0.4, -0.2) is 35.7 Å². The van der Waals surface area contributed by atoms with Gasteiger partial charge in [0.1, 0.15) is 0 Å². The van der Waals surface area contributed by atoms with E-state index in [-0.39, 0.29) is 6.10 Å². The zero-order chi connectivity index (χ0) is 8.27. The molecular formula is C9H16NO. The fraction of sp³-hybridized carbons (Fsp3) is 0.667. The first-order valence-electron chi connectivity index (χ1n) is 4.04. The maximum absolute atomic E-state index is 9.25. The molecule has 1 unspecified atom stereocenters. The molecule has 1 atom stereocenters. The second-order valence-electron chi connectivity index (χ2n) is 3.40. The molecule has 0 aromatic carbocycles. The van der Waals surface area contributed by atoms with Crippen LogP contribution in [0.15, 0.2) is 12.2 Å². The van der Waals surface area contributed by atoms with Gasteiger partial charge >= 0.3 is 0 Å². The van der Waals surface area contributed by atoms with Crippen molar-refractivity contribution < 1.29 is 5.11 Å². The van der Waals surface area contributed by atoms with E-state index in [1.807, 2.05) is 12.2 Å². The van der Waals surface area contributed by atoms with Crippen LogP contribution in [0, 0.1) is 5.92 Å². The normalized spacial score (nSPS) is 26.4. The van der Waals surface area contributed by atoms with Gasteiger partial charge in [-0.3, -0.25) is 4.90 Å². The van der Waals surface area contributed by atoms with Crippen molar-refractivity contribution in [2.75, 3.05) is 19.6 Å². The molecule has 63 valence electrons. The lowest BCUT2D eigenvalue weighted by Gasteiger charge is -2.27. The molecule has 1 N–H and O–H groups in total. The first-order valence-corrected chi connectivity index (χ1v) is 4.04. The number of nitrogens with zero attached hydrogens (tertiary/aromatic N) is 1. The molecule has 1 aliphatic heterocycles. The Morgan fingerprint density at radius 2 is 2.36 bits per heavy atom. The van der Waals surface area contributed by atoms with Crippen molar-refractivity contribution in [3.05, 3.63) is 18.1 Å². The number of aliphatic hydroxyl groups is 1. The van der Waals surface area contributed by atoms with Gasteiger partial charge in [-0.05, 0) is 5.92 Å². The summed E-state index contributed by atoms with van der Waals surface area (Å²) in [6.07, 6.45) is 3.63. The molecule has 1 heterocycles. The minimum Gasteiger partial charge on any atom is -0.388 e. The van der Waals surface area contributed by atoms with Crippen molar-refractivity contribution in [3.63, 3.8) is 0 Å². The third-order valence-corrected chi connectivity index (χ3v) is 1.71. The van der Waals surface area contributed by atoms with Gasteiger partial charge < -0.3 is 5.11 Å². The monoisotopic (exact) mass is 154 g/mol. The summed E-state index contributed by atoms with van der Waals surface area (Å²) in [4.78, 5) is 2.24. The minimum atomic E-state index is -0.261. The molecule has 2 heteroatoms. The topological polar surface area (TPSA) is 23.5 Å². The largest absolute Gasteiger partial charge is 0.388 e. The third kappa shape index (κ3) is 3.04. The molecular weight excluding hydrogens is 138 g/mol. The second kappa shape index (κ2) is 3.88. The summed E-state index contributed by atoms with van der Waals surface area (Å²) < 4.78 is 0. The van der Waals surface area contributed by atoms with Crippen LogP contribution in [-0.2, 0) is 0 Å². The van der Waals surface area contributed by atoms with Crippen molar-refractivity contribution in [1.82, 2.24) is 4.90 Å². The van der Waals surface area contributed by atoms with Gasteiger partial charge in [0.25, 0.3) is 0 Å². The summed E-state index contributed by atoms with van der Waals surface area (Å²) in [7, 11) is 0. The molecule has 1 aliphatic rings. The summed E-state index contributed by atoms with van der Waals surface area (Å²) in [5.74, 6) is 1.40. The van der Waals surface area contributed by atoms with E-state index in [1.54, 1.807) is 0 Å². The van der Waals surface area contributed by atoms with Crippen LogP contribution in [0.5, 0.6) is 0 Å².